The van der Waals surface area contributed by atoms with E-state index in [0.717, 1.165) is 25.7 Å². The van der Waals surface area contributed by atoms with Gasteiger partial charge in [-0.1, -0.05) is 72.0 Å². The molecule has 5 heteroatoms. The third kappa shape index (κ3) is 10.6. The first-order valence-corrected chi connectivity index (χ1v) is 10.2. The summed E-state index contributed by atoms with van der Waals surface area (Å²) in [5.41, 5.74) is -0.709. The monoisotopic (exact) mass is 369 g/mol. The van der Waals surface area contributed by atoms with Crippen LogP contribution in [0.4, 0.5) is 0 Å². The predicted octanol–water partition coefficient (Wildman–Crippen LogP) is 4.55. The molecule has 1 N–H and O–H groups in total. The number of rotatable bonds is 17. The number of ether oxygens (including phenoxy) is 2. The van der Waals surface area contributed by atoms with E-state index >= 15 is 0 Å². The normalized spacial score (nSPS) is 11.2. The standard InChI is InChI=1S/C21H39NO4/c1-5-9-10-11-12-13-19(23)25-18-16-22-21(14-6-2,15-7-3)20(24)26-17-8-4/h8,22H,4-7,9-18H2,1-3H3. The van der Waals surface area contributed by atoms with Gasteiger partial charge in [0.2, 0.25) is 0 Å². The lowest BCUT2D eigenvalue weighted by molar-refractivity contribution is -0.151. The van der Waals surface area contributed by atoms with Crippen molar-refractivity contribution in [3.05, 3.63) is 12.7 Å². The quantitative estimate of drug-likeness (QED) is 0.231. The molecule has 0 aromatic rings. The van der Waals surface area contributed by atoms with Crippen molar-refractivity contribution in [2.45, 2.75) is 90.5 Å². The highest BCUT2D eigenvalue weighted by atomic mass is 16.5. The first kappa shape index (κ1) is 24.6. The number of esters is 2. The Balaban J connectivity index is 4.32. The van der Waals surface area contributed by atoms with Gasteiger partial charge in [0.05, 0.1) is 0 Å². The lowest BCUT2D eigenvalue weighted by Crippen LogP contribution is -2.54. The van der Waals surface area contributed by atoms with Gasteiger partial charge in [0.1, 0.15) is 18.8 Å². The molecule has 0 aliphatic carbocycles. The van der Waals surface area contributed by atoms with Gasteiger partial charge in [0.15, 0.2) is 0 Å². The van der Waals surface area contributed by atoms with Crippen molar-refractivity contribution in [3.63, 3.8) is 0 Å². The first-order valence-electron chi connectivity index (χ1n) is 10.2. The third-order valence-corrected chi connectivity index (χ3v) is 4.39. The Bertz CT molecular complexity index is 389. The average Bonchev–Trinajstić information content (AvgIpc) is 2.63. The van der Waals surface area contributed by atoms with Crippen LogP contribution in [-0.2, 0) is 19.1 Å². The summed E-state index contributed by atoms with van der Waals surface area (Å²) in [6.07, 6.45) is 10.7. The third-order valence-electron chi connectivity index (χ3n) is 4.39. The Kier molecular flexibility index (Phi) is 15.0. The number of unbranched alkanes of at least 4 members (excludes halogenated alkanes) is 4. The minimum Gasteiger partial charge on any atom is -0.464 e. The zero-order valence-corrected chi connectivity index (χ0v) is 17.1. The summed E-state index contributed by atoms with van der Waals surface area (Å²) in [5.74, 6) is -0.405. The summed E-state index contributed by atoms with van der Waals surface area (Å²) in [4.78, 5) is 24.3. The van der Waals surface area contributed by atoms with Crippen LogP contribution in [0.2, 0.25) is 0 Å². The second-order valence-corrected chi connectivity index (χ2v) is 6.78. The number of carbonyl (C=O) groups excluding carboxylic acids is 2. The molecule has 5 nitrogen and oxygen atoms in total. The highest BCUT2D eigenvalue weighted by molar-refractivity contribution is 5.81. The number of hydrogen-bond acceptors (Lipinski definition) is 5. The number of hydrogen-bond donors (Lipinski definition) is 1. The van der Waals surface area contributed by atoms with Crippen molar-refractivity contribution in [2.24, 2.45) is 0 Å². The highest BCUT2D eigenvalue weighted by Crippen LogP contribution is 2.22. The van der Waals surface area contributed by atoms with Crippen molar-refractivity contribution in [1.29, 1.82) is 0 Å². The van der Waals surface area contributed by atoms with Gasteiger partial charge < -0.3 is 9.47 Å². The Morgan fingerprint density at radius 3 is 2.19 bits per heavy atom. The van der Waals surface area contributed by atoms with Gasteiger partial charge in [-0.05, 0) is 19.3 Å². The molecule has 0 saturated heterocycles. The van der Waals surface area contributed by atoms with Crippen LogP contribution in [0.15, 0.2) is 12.7 Å². The van der Waals surface area contributed by atoms with Crippen LogP contribution in [0.25, 0.3) is 0 Å². The van der Waals surface area contributed by atoms with E-state index in [1.165, 1.54) is 19.3 Å². The minimum atomic E-state index is -0.709. The van der Waals surface area contributed by atoms with Crippen LogP contribution >= 0.6 is 0 Å². The maximum atomic E-state index is 12.5. The van der Waals surface area contributed by atoms with Crippen molar-refractivity contribution in [3.8, 4) is 0 Å². The van der Waals surface area contributed by atoms with E-state index in [1.807, 2.05) is 13.8 Å². The molecule has 0 aromatic heterocycles. The molecule has 26 heavy (non-hydrogen) atoms. The molecule has 0 spiro atoms. The van der Waals surface area contributed by atoms with Crippen LogP contribution < -0.4 is 5.32 Å². The zero-order chi connectivity index (χ0) is 19.7. The lowest BCUT2D eigenvalue weighted by Gasteiger charge is -2.32. The van der Waals surface area contributed by atoms with E-state index < -0.39 is 5.54 Å². The first-order chi connectivity index (χ1) is 12.6. The Morgan fingerprint density at radius 2 is 1.62 bits per heavy atom. The van der Waals surface area contributed by atoms with Crippen LogP contribution in [-0.4, -0.2) is 37.2 Å². The SMILES string of the molecule is C=CCOC(=O)C(CCC)(CCC)NCCOC(=O)CCCCCCC. The number of carbonyl (C=O) groups is 2. The topological polar surface area (TPSA) is 64.6 Å². The number of nitrogens with one attached hydrogen (secondary N) is 1. The Hall–Kier alpha value is -1.36. The van der Waals surface area contributed by atoms with Gasteiger partial charge in [-0.3, -0.25) is 14.9 Å². The molecule has 0 amide bonds. The van der Waals surface area contributed by atoms with E-state index in [9.17, 15) is 9.59 Å². The second kappa shape index (κ2) is 15.9. The molecule has 0 bridgehead atoms. The van der Waals surface area contributed by atoms with Gasteiger partial charge in [-0.2, -0.15) is 0 Å². The summed E-state index contributed by atoms with van der Waals surface area (Å²) in [5, 5.41) is 3.30. The minimum absolute atomic E-state index is 0.158. The fourth-order valence-electron chi connectivity index (χ4n) is 3.10. The van der Waals surface area contributed by atoms with Gasteiger partial charge in [-0.15, -0.1) is 0 Å². The molecule has 0 atom stereocenters. The van der Waals surface area contributed by atoms with E-state index in [0.29, 0.717) is 25.8 Å². The fourth-order valence-corrected chi connectivity index (χ4v) is 3.10. The van der Waals surface area contributed by atoms with Crippen LogP contribution in [0.3, 0.4) is 0 Å². The summed E-state index contributed by atoms with van der Waals surface area (Å²) in [6, 6.07) is 0. The molecule has 0 unspecified atom stereocenters. The Morgan fingerprint density at radius 1 is 0.962 bits per heavy atom. The van der Waals surface area contributed by atoms with E-state index in [4.69, 9.17) is 9.47 Å². The van der Waals surface area contributed by atoms with Gasteiger partial charge in [-0.25, -0.2) is 0 Å². The predicted molar refractivity (Wildman–Crippen MR) is 106 cm³/mol. The highest BCUT2D eigenvalue weighted by Gasteiger charge is 2.37. The summed E-state index contributed by atoms with van der Waals surface area (Å²) in [6.45, 7) is 10.8. The summed E-state index contributed by atoms with van der Waals surface area (Å²) < 4.78 is 10.6. The molecular weight excluding hydrogens is 330 g/mol. The second-order valence-electron chi connectivity index (χ2n) is 6.78. The molecule has 0 aliphatic heterocycles. The Labute approximate surface area is 159 Å². The summed E-state index contributed by atoms with van der Waals surface area (Å²) >= 11 is 0. The zero-order valence-electron chi connectivity index (χ0n) is 17.1. The molecule has 0 radical (unpaired) electrons. The fraction of sp³-hybridized carbons (Fsp3) is 0.810. The van der Waals surface area contributed by atoms with E-state index in [1.54, 1.807) is 6.08 Å². The molecule has 0 aromatic carbocycles. The molecule has 0 aliphatic rings. The molecule has 0 fully saturated rings. The molecular formula is C21H39NO4. The van der Waals surface area contributed by atoms with Gasteiger partial charge in [0.25, 0.3) is 0 Å². The summed E-state index contributed by atoms with van der Waals surface area (Å²) in [7, 11) is 0. The van der Waals surface area contributed by atoms with Crippen LogP contribution in [0.1, 0.15) is 85.0 Å². The smallest absolute Gasteiger partial charge is 0.326 e. The molecule has 0 rings (SSSR count). The van der Waals surface area contributed by atoms with Crippen molar-refractivity contribution < 1.29 is 19.1 Å². The van der Waals surface area contributed by atoms with Crippen molar-refractivity contribution in [1.82, 2.24) is 5.32 Å². The van der Waals surface area contributed by atoms with Crippen LogP contribution in [0, 0.1) is 0 Å². The van der Waals surface area contributed by atoms with Gasteiger partial charge in [0, 0.05) is 13.0 Å². The molecule has 152 valence electrons. The van der Waals surface area contributed by atoms with Crippen molar-refractivity contribution >= 4 is 11.9 Å². The van der Waals surface area contributed by atoms with E-state index in [-0.39, 0.29) is 25.2 Å². The maximum Gasteiger partial charge on any atom is 0.326 e. The van der Waals surface area contributed by atoms with Crippen LogP contribution in [0.5, 0.6) is 0 Å². The average molecular weight is 370 g/mol. The van der Waals surface area contributed by atoms with Gasteiger partial charge >= 0.3 is 11.9 Å². The maximum absolute atomic E-state index is 12.5. The largest absolute Gasteiger partial charge is 0.464 e. The lowest BCUT2D eigenvalue weighted by atomic mass is 9.88. The molecule has 0 saturated carbocycles. The van der Waals surface area contributed by atoms with E-state index in [2.05, 4.69) is 18.8 Å². The van der Waals surface area contributed by atoms with Crippen molar-refractivity contribution in [2.75, 3.05) is 19.8 Å². The molecule has 0 heterocycles.